The summed E-state index contributed by atoms with van der Waals surface area (Å²) in [4.78, 5) is 0. The van der Waals surface area contributed by atoms with Crippen LogP contribution in [0.4, 0.5) is 39.5 Å². The maximum absolute atomic E-state index is 11.5. The standard InChI is InChI=1S/C5H2F9O/c6-3(7,8)1-15-2(4(9,10)11)5(12,13)14/h1H2. The van der Waals surface area contributed by atoms with Crippen LogP contribution in [0.15, 0.2) is 0 Å². The first-order valence-electron chi connectivity index (χ1n) is 3.05. The van der Waals surface area contributed by atoms with Crippen LogP contribution < -0.4 is 0 Å². The molecule has 0 unspecified atom stereocenters. The first-order valence-corrected chi connectivity index (χ1v) is 3.05. The fourth-order valence-corrected chi connectivity index (χ4v) is 0.478. The van der Waals surface area contributed by atoms with Gasteiger partial charge >= 0.3 is 24.6 Å². The fourth-order valence-electron chi connectivity index (χ4n) is 0.478. The Kier molecular flexibility index (Phi) is 3.88. The Morgan fingerprint density at radius 2 is 1.07 bits per heavy atom. The summed E-state index contributed by atoms with van der Waals surface area (Å²) in [5.41, 5.74) is 0. The second kappa shape index (κ2) is 4.06. The van der Waals surface area contributed by atoms with Crippen molar-refractivity contribution < 1.29 is 44.3 Å². The van der Waals surface area contributed by atoms with Crippen molar-refractivity contribution in [1.82, 2.24) is 0 Å². The van der Waals surface area contributed by atoms with Crippen molar-refractivity contribution >= 4 is 0 Å². The summed E-state index contributed by atoms with van der Waals surface area (Å²) in [5, 5.41) is 0. The first-order chi connectivity index (χ1) is 6.34. The van der Waals surface area contributed by atoms with Gasteiger partial charge in [-0.05, 0) is 0 Å². The number of hydrogen-bond acceptors (Lipinski definition) is 1. The molecule has 0 rings (SSSR count). The number of alkyl halides is 9. The molecule has 91 valence electrons. The molecule has 0 aliphatic carbocycles. The van der Waals surface area contributed by atoms with Crippen LogP contribution >= 0.6 is 0 Å². The predicted molar refractivity (Wildman–Crippen MR) is 27.4 cm³/mol. The van der Waals surface area contributed by atoms with Gasteiger partial charge in [-0.25, -0.2) is 0 Å². The van der Waals surface area contributed by atoms with Crippen LogP contribution in [0.2, 0.25) is 0 Å². The highest BCUT2D eigenvalue weighted by Crippen LogP contribution is 2.42. The molecule has 0 amide bonds. The summed E-state index contributed by atoms with van der Waals surface area (Å²) in [7, 11) is 0. The number of hydrogen-bond donors (Lipinski definition) is 0. The molecule has 0 aliphatic heterocycles. The van der Waals surface area contributed by atoms with E-state index in [1.807, 2.05) is 0 Å². The summed E-state index contributed by atoms with van der Waals surface area (Å²) >= 11 is 0. The van der Waals surface area contributed by atoms with E-state index in [4.69, 9.17) is 0 Å². The van der Waals surface area contributed by atoms with Crippen LogP contribution in [-0.2, 0) is 4.74 Å². The van der Waals surface area contributed by atoms with E-state index in [0.29, 0.717) is 0 Å². The lowest BCUT2D eigenvalue weighted by molar-refractivity contribution is -0.281. The molecule has 0 spiro atoms. The normalized spacial score (nSPS) is 14.8. The second-order valence-electron chi connectivity index (χ2n) is 2.23. The maximum atomic E-state index is 11.5. The van der Waals surface area contributed by atoms with Crippen LogP contribution in [0, 0.1) is 6.10 Å². The topological polar surface area (TPSA) is 9.23 Å². The van der Waals surface area contributed by atoms with Gasteiger partial charge in [0.25, 0.3) is 0 Å². The maximum Gasteiger partial charge on any atom is 0.430 e. The first kappa shape index (κ1) is 14.3. The molecule has 0 heterocycles. The van der Waals surface area contributed by atoms with Gasteiger partial charge in [-0.1, -0.05) is 0 Å². The van der Waals surface area contributed by atoms with Crippen molar-refractivity contribution in [3.8, 4) is 0 Å². The minimum Gasteiger partial charge on any atom is -0.346 e. The van der Waals surface area contributed by atoms with Gasteiger partial charge in [0.05, 0.1) is 0 Å². The molecule has 0 aromatic rings. The number of rotatable bonds is 2. The van der Waals surface area contributed by atoms with Crippen LogP contribution in [0.3, 0.4) is 0 Å². The molecule has 0 aromatic carbocycles. The molecule has 10 heteroatoms. The summed E-state index contributed by atoms with van der Waals surface area (Å²) < 4.78 is 106. The molecular weight excluding hydrogens is 247 g/mol. The lowest BCUT2D eigenvalue weighted by Gasteiger charge is -2.21. The van der Waals surface area contributed by atoms with E-state index in [1.54, 1.807) is 0 Å². The van der Waals surface area contributed by atoms with E-state index in [9.17, 15) is 39.5 Å². The third-order valence-corrected chi connectivity index (χ3v) is 0.895. The largest absolute Gasteiger partial charge is 0.430 e. The molecule has 0 atom stereocenters. The van der Waals surface area contributed by atoms with Gasteiger partial charge in [-0.2, -0.15) is 39.5 Å². The summed E-state index contributed by atoms with van der Waals surface area (Å²) in [6.45, 7) is -2.65. The molecule has 1 nitrogen and oxygen atoms in total. The lowest BCUT2D eigenvalue weighted by Crippen LogP contribution is -2.38. The van der Waals surface area contributed by atoms with E-state index >= 15 is 0 Å². The van der Waals surface area contributed by atoms with Crippen LogP contribution in [-0.4, -0.2) is 25.1 Å². The van der Waals surface area contributed by atoms with Crippen molar-refractivity contribution in [2.24, 2.45) is 0 Å². The zero-order valence-corrected chi connectivity index (χ0v) is 6.52. The fraction of sp³-hybridized carbons (Fsp3) is 0.800. The van der Waals surface area contributed by atoms with Crippen LogP contribution in [0.25, 0.3) is 0 Å². The molecule has 0 saturated carbocycles. The minimum atomic E-state index is -6.01. The summed E-state index contributed by atoms with van der Waals surface area (Å²) in [6, 6.07) is 0. The molecule has 0 saturated heterocycles. The molecule has 0 bridgehead atoms. The second-order valence-corrected chi connectivity index (χ2v) is 2.23. The van der Waals surface area contributed by atoms with Crippen molar-refractivity contribution in [1.29, 1.82) is 0 Å². The van der Waals surface area contributed by atoms with E-state index in [2.05, 4.69) is 4.74 Å². The highest BCUT2D eigenvalue weighted by Gasteiger charge is 2.60. The van der Waals surface area contributed by atoms with Gasteiger partial charge in [0.2, 0.25) is 0 Å². The Morgan fingerprint density at radius 3 is 1.27 bits per heavy atom. The molecule has 0 aromatic heterocycles. The number of halogens is 9. The van der Waals surface area contributed by atoms with Crippen molar-refractivity contribution in [2.75, 3.05) is 6.61 Å². The Balaban J connectivity index is 4.56. The minimum absolute atomic E-state index is 2.65. The van der Waals surface area contributed by atoms with E-state index in [-0.39, 0.29) is 0 Å². The van der Waals surface area contributed by atoms with Gasteiger partial charge in [0.15, 0.2) is 0 Å². The zero-order chi connectivity index (χ0) is 12.5. The summed E-state index contributed by atoms with van der Waals surface area (Å²) in [5.74, 6) is 0. The average molecular weight is 249 g/mol. The van der Waals surface area contributed by atoms with Crippen molar-refractivity contribution in [2.45, 2.75) is 18.5 Å². The highest BCUT2D eigenvalue weighted by atomic mass is 19.4. The highest BCUT2D eigenvalue weighted by molar-refractivity contribution is 4.95. The quantitative estimate of drug-likeness (QED) is 0.682. The van der Waals surface area contributed by atoms with Gasteiger partial charge in [0.1, 0.15) is 6.61 Å². The molecule has 15 heavy (non-hydrogen) atoms. The van der Waals surface area contributed by atoms with Gasteiger partial charge in [-0.15, -0.1) is 0 Å². The van der Waals surface area contributed by atoms with Gasteiger partial charge < -0.3 is 4.74 Å². The Bertz CT molecular complexity index is 184. The van der Waals surface area contributed by atoms with Gasteiger partial charge in [-0.3, -0.25) is 0 Å². The Hall–Kier alpha value is -0.670. The SMILES string of the molecule is FC(F)(F)CO[C](C(F)(F)F)C(F)(F)F. The van der Waals surface area contributed by atoms with E-state index in [1.165, 1.54) is 0 Å². The number of ether oxygens (including phenoxy) is 1. The molecular formula is C5H2F9O. The lowest BCUT2D eigenvalue weighted by atomic mass is 10.3. The van der Waals surface area contributed by atoms with Gasteiger partial charge in [0, 0.05) is 0 Å². The van der Waals surface area contributed by atoms with Crippen molar-refractivity contribution in [3.05, 3.63) is 6.10 Å². The predicted octanol–water partition coefficient (Wildman–Crippen LogP) is 3.22. The third kappa shape index (κ3) is 5.70. The molecule has 0 N–H and O–H groups in total. The Labute approximate surface area is 76.8 Å². The van der Waals surface area contributed by atoms with E-state index < -0.39 is 31.2 Å². The molecule has 0 fully saturated rings. The van der Waals surface area contributed by atoms with Crippen LogP contribution in [0.5, 0.6) is 0 Å². The van der Waals surface area contributed by atoms with Crippen LogP contribution in [0.1, 0.15) is 0 Å². The smallest absolute Gasteiger partial charge is 0.346 e. The Morgan fingerprint density at radius 1 is 0.733 bits per heavy atom. The van der Waals surface area contributed by atoms with E-state index in [0.717, 1.165) is 0 Å². The van der Waals surface area contributed by atoms with Crippen molar-refractivity contribution in [3.63, 3.8) is 0 Å². The average Bonchev–Trinajstić information content (AvgIpc) is 1.75. The third-order valence-electron chi connectivity index (χ3n) is 0.895. The molecule has 0 aliphatic rings. The molecule has 1 radical (unpaired) electrons. The monoisotopic (exact) mass is 249 g/mol. The summed E-state index contributed by atoms with van der Waals surface area (Å²) in [6.07, 6.45) is -20.8. The zero-order valence-electron chi connectivity index (χ0n) is 6.52.